The number of hydrogen-bond acceptors (Lipinski definition) is 3. The van der Waals surface area contributed by atoms with E-state index in [1.807, 2.05) is 0 Å². The molecule has 3 heteroatoms. The van der Waals surface area contributed by atoms with E-state index < -0.39 is 0 Å². The minimum absolute atomic E-state index is 0.100. The van der Waals surface area contributed by atoms with Crippen LogP contribution in [0.15, 0.2) is 11.1 Å². The van der Waals surface area contributed by atoms with Crippen LogP contribution in [0, 0.1) is 34.5 Å². The van der Waals surface area contributed by atoms with Gasteiger partial charge in [0.2, 0.25) is 0 Å². The van der Waals surface area contributed by atoms with Gasteiger partial charge >= 0.3 is 0 Å². The first-order valence-corrected chi connectivity index (χ1v) is 12.3. The van der Waals surface area contributed by atoms with Crippen LogP contribution in [0.4, 0.5) is 0 Å². The third kappa shape index (κ3) is 3.55. The highest BCUT2D eigenvalue weighted by Gasteiger charge is 2.57. The summed E-state index contributed by atoms with van der Waals surface area (Å²) in [5.74, 6) is 2.86. The number of hydrogen-bond donors (Lipinski definition) is 1. The van der Waals surface area contributed by atoms with Gasteiger partial charge in [-0.3, -0.25) is 4.79 Å². The molecule has 3 nitrogen and oxygen atoms in total. The Bertz CT molecular complexity index is 682. The van der Waals surface area contributed by atoms with Gasteiger partial charge in [0.1, 0.15) is 0 Å². The highest BCUT2D eigenvalue weighted by Crippen LogP contribution is 2.65. The Labute approximate surface area is 178 Å². The number of aliphatic hydroxyl groups is 1. The van der Waals surface area contributed by atoms with Crippen molar-refractivity contribution in [3.63, 3.8) is 0 Å². The van der Waals surface area contributed by atoms with E-state index in [9.17, 15) is 9.90 Å². The summed E-state index contributed by atoms with van der Waals surface area (Å²) in [7, 11) is 4.30. The van der Waals surface area contributed by atoms with Crippen LogP contribution in [0.5, 0.6) is 0 Å². The molecular formula is C26H43NO2. The molecule has 3 saturated carbocycles. The molecule has 4 aliphatic rings. The van der Waals surface area contributed by atoms with Crippen LogP contribution in [0.3, 0.4) is 0 Å². The molecule has 0 aliphatic heterocycles. The smallest absolute Gasteiger partial charge is 0.159 e. The SMILES string of the molecule is C[C@H](CCCN(C)C)[C@H]1CC(=O)C2=C3CC[C@H]4CC(O)CC[C@]4(C)[C@H]3CC[C@@]21C. The maximum atomic E-state index is 13.4. The van der Waals surface area contributed by atoms with E-state index in [4.69, 9.17) is 0 Å². The molecule has 29 heavy (non-hydrogen) atoms. The number of ketones is 1. The monoisotopic (exact) mass is 401 g/mol. The summed E-state index contributed by atoms with van der Waals surface area (Å²) in [5, 5.41) is 10.2. The van der Waals surface area contributed by atoms with Crippen molar-refractivity contribution in [3.8, 4) is 0 Å². The molecule has 1 N–H and O–H groups in total. The molecule has 164 valence electrons. The van der Waals surface area contributed by atoms with E-state index in [0.717, 1.165) is 38.6 Å². The average Bonchev–Trinajstić information content (AvgIpc) is 2.93. The summed E-state index contributed by atoms with van der Waals surface area (Å²) in [6.07, 6.45) is 10.9. The lowest BCUT2D eigenvalue weighted by Crippen LogP contribution is -2.48. The lowest BCUT2D eigenvalue weighted by atomic mass is 9.48. The van der Waals surface area contributed by atoms with Crippen molar-refractivity contribution < 1.29 is 9.90 Å². The molecular weight excluding hydrogens is 358 g/mol. The summed E-state index contributed by atoms with van der Waals surface area (Å²) >= 11 is 0. The molecule has 4 rings (SSSR count). The number of carbonyl (C=O) groups excluding carboxylic acids is 1. The molecule has 0 spiro atoms. The molecule has 0 saturated heterocycles. The predicted octanol–water partition coefficient (Wildman–Crippen LogP) is 5.23. The second-order valence-electron chi connectivity index (χ2n) is 11.7. The molecule has 3 fully saturated rings. The average molecular weight is 402 g/mol. The number of Topliss-reactive ketones (excluding diaryl/α,β-unsaturated/α-hetero) is 1. The predicted molar refractivity (Wildman–Crippen MR) is 119 cm³/mol. The number of allylic oxidation sites excluding steroid dienone is 2. The summed E-state index contributed by atoms with van der Waals surface area (Å²) in [5.41, 5.74) is 3.25. The van der Waals surface area contributed by atoms with Crippen molar-refractivity contribution in [3.05, 3.63) is 11.1 Å². The molecule has 7 atom stereocenters. The molecule has 1 unspecified atom stereocenters. The highest BCUT2D eigenvalue weighted by atomic mass is 16.3. The van der Waals surface area contributed by atoms with E-state index in [2.05, 4.69) is 39.8 Å². The summed E-state index contributed by atoms with van der Waals surface area (Å²) < 4.78 is 0. The van der Waals surface area contributed by atoms with Crippen molar-refractivity contribution in [1.29, 1.82) is 0 Å². The van der Waals surface area contributed by atoms with Gasteiger partial charge in [0.05, 0.1) is 6.10 Å². The Morgan fingerprint density at radius 3 is 2.66 bits per heavy atom. The van der Waals surface area contributed by atoms with Crippen molar-refractivity contribution in [2.45, 2.75) is 91.1 Å². The van der Waals surface area contributed by atoms with Crippen LogP contribution < -0.4 is 0 Å². The minimum atomic E-state index is -0.100. The van der Waals surface area contributed by atoms with Crippen molar-refractivity contribution in [2.75, 3.05) is 20.6 Å². The fourth-order valence-electron chi connectivity index (χ4n) is 8.10. The first-order valence-electron chi connectivity index (χ1n) is 12.3. The molecule has 0 heterocycles. The fourth-order valence-corrected chi connectivity index (χ4v) is 8.10. The molecule has 4 aliphatic carbocycles. The van der Waals surface area contributed by atoms with Gasteiger partial charge in [-0.1, -0.05) is 26.3 Å². The Kier molecular flexibility index (Phi) is 5.79. The van der Waals surface area contributed by atoms with Gasteiger partial charge in [-0.05, 0) is 113 Å². The third-order valence-corrected chi connectivity index (χ3v) is 9.78. The van der Waals surface area contributed by atoms with Crippen molar-refractivity contribution in [1.82, 2.24) is 4.90 Å². The number of fused-ring (bicyclic) bond motifs is 4. The zero-order valence-corrected chi connectivity index (χ0v) is 19.5. The minimum Gasteiger partial charge on any atom is -0.393 e. The van der Waals surface area contributed by atoms with E-state index in [1.54, 1.807) is 5.57 Å². The molecule has 0 radical (unpaired) electrons. The van der Waals surface area contributed by atoms with E-state index in [0.29, 0.717) is 34.9 Å². The van der Waals surface area contributed by atoms with E-state index in [-0.39, 0.29) is 11.5 Å². The molecule has 0 bridgehead atoms. The first-order chi connectivity index (χ1) is 13.7. The third-order valence-electron chi connectivity index (χ3n) is 9.78. The largest absolute Gasteiger partial charge is 0.393 e. The van der Waals surface area contributed by atoms with Crippen LogP contribution in [0.1, 0.15) is 85.0 Å². The van der Waals surface area contributed by atoms with Crippen molar-refractivity contribution >= 4 is 5.78 Å². The van der Waals surface area contributed by atoms with Gasteiger partial charge in [-0.2, -0.15) is 0 Å². The lowest BCUT2D eigenvalue weighted by Gasteiger charge is -2.56. The van der Waals surface area contributed by atoms with Gasteiger partial charge in [-0.15, -0.1) is 0 Å². The topological polar surface area (TPSA) is 40.5 Å². The van der Waals surface area contributed by atoms with Crippen LogP contribution in [0.2, 0.25) is 0 Å². The summed E-state index contributed by atoms with van der Waals surface area (Å²) in [4.78, 5) is 15.6. The maximum Gasteiger partial charge on any atom is 0.159 e. The van der Waals surface area contributed by atoms with Crippen LogP contribution in [-0.4, -0.2) is 42.5 Å². The van der Waals surface area contributed by atoms with Crippen molar-refractivity contribution in [2.24, 2.45) is 34.5 Å². The standard InChI is InChI=1S/C26H43NO2/c1-17(7-6-14-27(4)5)22-16-23(29)24-20-9-8-18-15-19(28)10-12-25(18,2)21(20)11-13-26(22,24)3/h17-19,21-22,28H,6-16H2,1-5H3/t17-,18+,19?,21+,22-,25+,26-/m1/s1. The molecule has 0 aromatic rings. The van der Waals surface area contributed by atoms with Gasteiger partial charge in [0, 0.05) is 12.0 Å². The second-order valence-corrected chi connectivity index (χ2v) is 11.7. The zero-order chi connectivity index (χ0) is 21.0. The molecule has 0 aromatic carbocycles. The number of carbonyl (C=O) groups is 1. The molecule has 0 amide bonds. The second kappa shape index (κ2) is 7.79. The van der Waals surface area contributed by atoms with Crippen LogP contribution >= 0.6 is 0 Å². The normalized spacial score (nSPS) is 43.2. The number of rotatable bonds is 5. The Morgan fingerprint density at radius 1 is 1.17 bits per heavy atom. The Hall–Kier alpha value is -0.670. The zero-order valence-electron chi connectivity index (χ0n) is 19.5. The Morgan fingerprint density at radius 2 is 1.93 bits per heavy atom. The lowest BCUT2D eigenvalue weighted by molar-refractivity contribution is -0.115. The quantitative estimate of drug-likeness (QED) is 0.686. The number of nitrogens with zero attached hydrogens (tertiary/aromatic N) is 1. The van der Waals surface area contributed by atoms with Gasteiger partial charge in [0.25, 0.3) is 0 Å². The first kappa shape index (κ1) is 21.6. The van der Waals surface area contributed by atoms with Gasteiger partial charge < -0.3 is 10.0 Å². The highest BCUT2D eigenvalue weighted by molar-refractivity contribution is 6.00. The number of aliphatic hydroxyl groups excluding tert-OH is 1. The summed E-state index contributed by atoms with van der Waals surface area (Å²) in [6.45, 7) is 8.46. The maximum absolute atomic E-state index is 13.4. The van der Waals surface area contributed by atoms with E-state index in [1.165, 1.54) is 37.7 Å². The van der Waals surface area contributed by atoms with Crippen LogP contribution in [0.25, 0.3) is 0 Å². The van der Waals surface area contributed by atoms with Gasteiger partial charge in [-0.25, -0.2) is 0 Å². The molecule has 0 aromatic heterocycles. The van der Waals surface area contributed by atoms with E-state index >= 15 is 0 Å². The fraction of sp³-hybridized carbons (Fsp3) is 0.885. The Balaban J connectivity index is 1.59. The van der Waals surface area contributed by atoms with Crippen LogP contribution in [-0.2, 0) is 4.79 Å². The summed E-state index contributed by atoms with van der Waals surface area (Å²) in [6, 6.07) is 0. The van der Waals surface area contributed by atoms with Gasteiger partial charge in [0.15, 0.2) is 5.78 Å².